The van der Waals surface area contributed by atoms with Gasteiger partial charge in [-0.15, -0.1) is 0 Å². The van der Waals surface area contributed by atoms with E-state index in [0.717, 1.165) is 15.7 Å². The number of rotatable bonds is 4. The van der Waals surface area contributed by atoms with Crippen LogP contribution in [0.25, 0.3) is 6.08 Å². The first kappa shape index (κ1) is 15.0. The number of benzene rings is 1. The van der Waals surface area contributed by atoms with Gasteiger partial charge in [0.2, 0.25) is 5.12 Å². The van der Waals surface area contributed by atoms with Gasteiger partial charge in [0.25, 0.3) is 0 Å². The maximum Gasteiger partial charge on any atom is 0.244 e. The number of carbonyl (C=O) groups excluding carboxylic acids is 1. The third kappa shape index (κ3) is 3.37. The zero-order valence-electron chi connectivity index (χ0n) is 11.5. The molecular weight excluding hydrogens is 294 g/mol. The molecule has 6 heteroatoms. The number of hydrogen-bond donors (Lipinski definition) is 0. The van der Waals surface area contributed by atoms with E-state index in [1.54, 1.807) is 32.1 Å². The SMILES string of the molecule is CCSC1=NC(=Cc2ccc(OC)c(OC)c2)C(=O)S1. The highest BCUT2D eigenvalue weighted by molar-refractivity contribution is 8.45. The molecule has 0 unspecified atom stereocenters. The van der Waals surface area contributed by atoms with Crippen LogP contribution in [0.15, 0.2) is 28.9 Å². The maximum absolute atomic E-state index is 11.9. The second-order valence-corrected chi connectivity index (χ2v) is 6.32. The quantitative estimate of drug-likeness (QED) is 0.798. The highest BCUT2D eigenvalue weighted by atomic mass is 32.2. The van der Waals surface area contributed by atoms with E-state index < -0.39 is 0 Å². The summed E-state index contributed by atoms with van der Waals surface area (Å²) in [5.41, 5.74) is 1.33. The first-order valence-corrected chi connectivity index (χ1v) is 7.85. The molecule has 0 saturated carbocycles. The molecule has 0 radical (unpaired) electrons. The fraction of sp³-hybridized carbons (Fsp3) is 0.286. The van der Waals surface area contributed by atoms with Crippen LogP contribution in [0.4, 0.5) is 0 Å². The van der Waals surface area contributed by atoms with Gasteiger partial charge in [0, 0.05) is 0 Å². The van der Waals surface area contributed by atoms with E-state index in [0.29, 0.717) is 17.2 Å². The van der Waals surface area contributed by atoms with Crippen molar-refractivity contribution in [2.45, 2.75) is 6.92 Å². The number of nitrogens with zero attached hydrogens (tertiary/aromatic N) is 1. The van der Waals surface area contributed by atoms with E-state index in [1.165, 1.54) is 11.8 Å². The van der Waals surface area contributed by atoms with Crippen LogP contribution < -0.4 is 9.47 Å². The number of ether oxygens (including phenoxy) is 2. The molecule has 1 aromatic carbocycles. The molecule has 1 aliphatic heterocycles. The van der Waals surface area contributed by atoms with Gasteiger partial charge in [-0.3, -0.25) is 4.79 Å². The molecule has 0 N–H and O–H groups in total. The van der Waals surface area contributed by atoms with Gasteiger partial charge in [-0.1, -0.05) is 24.8 Å². The minimum Gasteiger partial charge on any atom is -0.493 e. The number of thioether (sulfide) groups is 2. The molecule has 1 heterocycles. The number of hydrogen-bond acceptors (Lipinski definition) is 6. The van der Waals surface area contributed by atoms with Gasteiger partial charge >= 0.3 is 0 Å². The molecule has 0 fully saturated rings. The number of aliphatic imine (C=N–C) groups is 1. The molecule has 106 valence electrons. The zero-order valence-corrected chi connectivity index (χ0v) is 13.1. The Labute approximate surface area is 126 Å². The van der Waals surface area contributed by atoms with Crippen LogP contribution in [0.5, 0.6) is 11.5 Å². The Balaban J connectivity index is 2.28. The molecule has 0 aliphatic carbocycles. The number of methoxy groups -OCH3 is 2. The van der Waals surface area contributed by atoms with Gasteiger partial charge in [0.05, 0.1) is 14.2 Å². The summed E-state index contributed by atoms with van der Waals surface area (Å²) < 4.78 is 11.2. The van der Waals surface area contributed by atoms with E-state index in [-0.39, 0.29) is 5.12 Å². The molecule has 1 aliphatic rings. The van der Waals surface area contributed by atoms with Gasteiger partial charge in [-0.2, -0.15) is 0 Å². The standard InChI is InChI=1S/C14H15NO3S2/c1-4-19-14-15-10(13(16)20-14)7-9-5-6-11(17-2)12(8-9)18-3/h5-8H,4H2,1-3H3. The summed E-state index contributed by atoms with van der Waals surface area (Å²) in [4.78, 5) is 16.2. The minimum atomic E-state index is -0.0178. The monoisotopic (exact) mass is 309 g/mol. The topological polar surface area (TPSA) is 47.9 Å². The Morgan fingerprint density at radius 3 is 2.70 bits per heavy atom. The first-order chi connectivity index (χ1) is 9.67. The van der Waals surface area contributed by atoms with Crippen molar-refractivity contribution < 1.29 is 14.3 Å². The van der Waals surface area contributed by atoms with Crippen molar-refractivity contribution in [1.29, 1.82) is 0 Å². The van der Waals surface area contributed by atoms with Crippen molar-refractivity contribution in [2.24, 2.45) is 4.99 Å². The predicted octanol–water partition coefficient (Wildman–Crippen LogP) is 3.43. The predicted molar refractivity (Wildman–Crippen MR) is 85.7 cm³/mol. The van der Waals surface area contributed by atoms with Crippen molar-refractivity contribution in [3.8, 4) is 11.5 Å². The summed E-state index contributed by atoms with van der Waals surface area (Å²) in [6.45, 7) is 2.04. The zero-order chi connectivity index (χ0) is 14.5. The second kappa shape index (κ2) is 6.85. The van der Waals surface area contributed by atoms with Gasteiger partial charge in [-0.05, 0) is 41.3 Å². The fourth-order valence-electron chi connectivity index (χ4n) is 1.68. The fourth-order valence-corrected chi connectivity index (χ4v) is 3.41. The summed E-state index contributed by atoms with van der Waals surface area (Å²) >= 11 is 2.76. The highest BCUT2D eigenvalue weighted by Crippen LogP contribution is 2.32. The van der Waals surface area contributed by atoms with Crippen molar-refractivity contribution in [2.75, 3.05) is 20.0 Å². The summed E-state index contributed by atoms with van der Waals surface area (Å²) in [6.07, 6.45) is 1.76. The lowest BCUT2D eigenvalue weighted by Crippen LogP contribution is -1.92. The average molecular weight is 309 g/mol. The van der Waals surface area contributed by atoms with Gasteiger partial charge in [0.1, 0.15) is 10.1 Å². The lowest BCUT2D eigenvalue weighted by Gasteiger charge is -2.07. The molecule has 4 nitrogen and oxygen atoms in total. The van der Waals surface area contributed by atoms with Crippen LogP contribution in [-0.4, -0.2) is 29.5 Å². The van der Waals surface area contributed by atoms with Crippen LogP contribution in [0, 0.1) is 0 Å². The molecular formula is C14H15NO3S2. The van der Waals surface area contributed by atoms with Crippen LogP contribution in [0.1, 0.15) is 12.5 Å². The van der Waals surface area contributed by atoms with Gasteiger partial charge in [0.15, 0.2) is 11.5 Å². The molecule has 0 bridgehead atoms. The average Bonchev–Trinajstić information content (AvgIpc) is 2.79. The lowest BCUT2D eigenvalue weighted by atomic mass is 10.1. The van der Waals surface area contributed by atoms with E-state index in [2.05, 4.69) is 4.99 Å². The van der Waals surface area contributed by atoms with E-state index in [9.17, 15) is 4.79 Å². The van der Waals surface area contributed by atoms with E-state index in [4.69, 9.17) is 9.47 Å². The van der Waals surface area contributed by atoms with E-state index >= 15 is 0 Å². The summed E-state index contributed by atoms with van der Waals surface area (Å²) in [5, 5.41) is -0.0178. The third-order valence-electron chi connectivity index (χ3n) is 2.58. The normalized spacial score (nSPS) is 16.4. The van der Waals surface area contributed by atoms with E-state index in [1.807, 2.05) is 25.1 Å². The largest absolute Gasteiger partial charge is 0.493 e. The molecule has 0 atom stereocenters. The highest BCUT2D eigenvalue weighted by Gasteiger charge is 2.22. The lowest BCUT2D eigenvalue weighted by molar-refractivity contribution is -0.107. The molecule has 2 rings (SSSR count). The Morgan fingerprint density at radius 1 is 1.30 bits per heavy atom. The van der Waals surface area contributed by atoms with Crippen LogP contribution in [0.2, 0.25) is 0 Å². The summed E-state index contributed by atoms with van der Waals surface area (Å²) in [5.74, 6) is 2.20. The summed E-state index contributed by atoms with van der Waals surface area (Å²) in [7, 11) is 3.17. The minimum absolute atomic E-state index is 0.0178. The Kier molecular flexibility index (Phi) is 5.14. The molecule has 20 heavy (non-hydrogen) atoms. The van der Waals surface area contributed by atoms with Crippen LogP contribution in [-0.2, 0) is 4.79 Å². The number of carbonyl (C=O) groups is 1. The van der Waals surface area contributed by atoms with Crippen LogP contribution >= 0.6 is 23.5 Å². The van der Waals surface area contributed by atoms with Crippen LogP contribution in [0.3, 0.4) is 0 Å². The Bertz CT molecular complexity index is 582. The molecule has 0 spiro atoms. The smallest absolute Gasteiger partial charge is 0.244 e. The molecule has 1 aromatic rings. The molecule has 0 saturated heterocycles. The van der Waals surface area contributed by atoms with Crippen molar-refractivity contribution in [3.63, 3.8) is 0 Å². The Hall–Kier alpha value is -1.40. The first-order valence-electron chi connectivity index (χ1n) is 6.05. The second-order valence-electron chi connectivity index (χ2n) is 3.84. The third-order valence-corrected chi connectivity index (χ3v) is 4.47. The maximum atomic E-state index is 11.9. The Morgan fingerprint density at radius 2 is 2.05 bits per heavy atom. The van der Waals surface area contributed by atoms with Gasteiger partial charge < -0.3 is 9.47 Å². The molecule has 0 aromatic heterocycles. The summed E-state index contributed by atoms with van der Waals surface area (Å²) in [6, 6.07) is 5.50. The molecule has 0 amide bonds. The van der Waals surface area contributed by atoms with Crippen molar-refractivity contribution >= 4 is 39.1 Å². The van der Waals surface area contributed by atoms with Crippen molar-refractivity contribution in [1.82, 2.24) is 0 Å². The van der Waals surface area contributed by atoms with Crippen molar-refractivity contribution in [3.05, 3.63) is 29.5 Å². The van der Waals surface area contributed by atoms with Gasteiger partial charge in [-0.25, -0.2) is 4.99 Å².